The molecule has 22 heavy (non-hydrogen) atoms. The van der Waals surface area contributed by atoms with E-state index in [1.165, 1.54) is 43.5 Å². The highest BCUT2D eigenvalue weighted by atomic mass is 19.1. The maximum absolute atomic E-state index is 13.5. The summed E-state index contributed by atoms with van der Waals surface area (Å²) in [7, 11) is 1.36. The lowest BCUT2D eigenvalue weighted by Gasteiger charge is -2.07. The summed E-state index contributed by atoms with van der Waals surface area (Å²) in [6, 6.07) is 9.73. The minimum Gasteiger partial charge on any atom is -0.494 e. The summed E-state index contributed by atoms with van der Waals surface area (Å²) in [5, 5.41) is 13.3. The highest BCUT2D eigenvalue weighted by Crippen LogP contribution is 2.18. The van der Waals surface area contributed by atoms with Gasteiger partial charge in [-0.15, -0.1) is 0 Å². The van der Waals surface area contributed by atoms with Crippen molar-refractivity contribution in [3.8, 4) is 5.75 Å². The first-order valence-corrected chi connectivity index (χ1v) is 6.36. The zero-order valence-corrected chi connectivity index (χ0v) is 11.7. The number of benzene rings is 2. The Hall–Kier alpha value is -2.96. The van der Waals surface area contributed by atoms with Gasteiger partial charge in [-0.3, -0.25) is 14.9 Å². The van der Waals surface area contributed by atoms with E-state index in [1.807, 2.05) is 0 Å². The Bertz CT molecular complexity index is 718. The van der Waals surface area contributed by atoms with Crippen LogP contribution >= 0.6 is 0 Å². The Kier molecular flexibility index (Phi) is 4.67. The van der Waals surface area contributed by atoms with Crippen LogP contribution in [0.1, 0.15) is 15.9 Å². The largest absolute Gasteiger partial charge is 0.494 e. The number of nitrogens with zero attached hydrogens (tertiary/aromatic N) is 1. The van der Waals surface area contributed by atoms with Gasteiger partial charge in [0.1, 0.15) is 0 Å². The van der Waals surface area contributed by atoms with Crippen LogP contribution < -0.4 is 10.1 Å². The predicted octanol–water partition coefficient (Wildman–Crippen LogP) is 2.67. The molecule has 2 rings (SSSR count). The number of hydrogen-bond acceptors (Lipinski definition) is 4. The van der Waals surface area contributed by atoms with Gasteiger partial charge in [-0.05, 0) is 23.8 Å². The summed E-state index contributed by atoms with van der Waals surface area (Å²) in [5.74, 6) is -0.877. The number of amides is 1. The van der Waals surface area contributed by atoms with Crippen molar-refractivity contribution in [2.24, 2.45) is 0 Å². The second-order valence-electron chi connectivity index (χ2n) is 4.46. The summed E-state index contributed by atoms with van der Waals surface area (Å²) in [4.78, 5) is 22.0. The third-order valence-electron chi connectivity index (χ3n) is 2.99. The van der Waals surface area contributed by atoms with E-state index < -0.39 is 16.6 Å². The van der Waals surface area contributed by atoms with Crippen LogP contribution in [0.15, 0.2) is 42.5 Å². The van der Waals surface area contributed by atoms with Crippen LogP contribution in [-0.2, 0) is 6.54 Å². The fraction of sp³-hybridized carbons (Fsp3) is 0.133. The van der Waals surface area contributed by atoms with Gasteiger partial charge in [-0.1, -0.05) is 12.1 Å². The molecule has 7 heteroatoms. The Labute approximate surface area is 125 Å². The Morgan fingerprint density at radius 2 is 2.09 bits per heavy atom. The van der Waals surface area contributed by atoms with Gasteiger partial charge in [0, 0.05) is 24.2 Å². The summed E-state index contributed by atoms with van der Waals surface area (Å²) in [6.07, 6.45) is 0. The molecule has 0 aliphatic rings. The monoisotopic (exact) mass is 304 g/mol. The number of nitrogens with one attached hydrogen (secondary N) is 1. The molecule has 114 valence electrons. The number of hydrogen-bond donors (Lipinski definition) is 1. The lowest BCUT2D eigenvalue weighted by molar-refractivity contribution is -0.384. The lowest BCUT2D eigenvalue weighted by Crippen LogP contribution is -2.22. The van der Waals surface area contributed by atoms with Gasteiger partial charge in [-0.2, -0.15) is 0 Å². The average molecular weight is 304 g/mol. The Morgan fingerprint density at radius 3 is 2.73 bits per heavy atom. The average Bonchev–Trinajstić information content (AvgIpc) is 2.52. The number of rotatable bonds is 5. The molecule has 0 spiro atoms. The topological polar surface area (TPSA) is 81.5 Å². The molecule has 0 radical (unpaired) electrons. The molecule has 0 fully saturated rings. The van der Waals surface area contributed by atoms with E-state index in [-0.39, 0.29) is 23.5 Å². The molecule has 0 bridgehead atoms. The van der Waals surface area contributed by atoms with Crippen molar-refractivity contribution in [3.63, 3.8) is 0 Å². The maximum Gasteiger partial charge on any atom is 0.270 e. The van der Waals surface area contributed by atoms with Crippen molar-refractivity contribution in [1.82, 2.24) is 5.32 Å². The molecule has 0 aliphatic heterocycles. The number of nitro benzene ring substituents is 1. The minimum absolute atomic E-state index is 0.0996. The summed E-state index contributed by atoms with van der Waals surface area (Å²) < 4.78 is 18.3. The van der Waals surface area contributed by atoms with Crippen LogP contribution in [-0.4, -0.2) is 17.9 Å². The Morgan fingerprint density at radius 1 is 1.32 bits per heavy atom. The quantitative estimate of drug-likeness (QED) is 0.680. The standard InChI is InChI=1S/C15H13FN2O4/c1-22-14-6-5-10(7-13(14)16)9-17-15(19)11-3-2-4-12(8-11)18(20)21/h2-8H,9H2,1H3,(H,17,19). The molecule has 2 aromatic carbocycles. The second kappa shape index (κ2) is 6.66. The third kappa shape index (κ3) is 3.57. The highest BCUT2D eigenvalue weighted by molar-refractivity contribution is 5.94. The van der Waals surface area contributed by atoms with Crippen LogP contribution in [0.4, 0.5) is 10.1 Å². The van der Waals surface area contributed by atoms with Gasteiger partial charge in [-0.25, -0.2) is 4.39 Å². The van der Waals surface area contributed by atoms with E-state index in [0.29, 0.717) is 5.56 Å². The van der Waals surface area contributed by atoms with E-state index in [1.54, 1.807) is 6.07 Å². The van der Waals surface area contributed by atoms with Crippen molar-refractivity contribution in [1.29, 1.82) is 0 Å². The second-order valence-corrected chi connectivity index (χ2v) is 4.46. The molecule has 1 N–H and O–H groups in total. The van der Waals surface area contributed by atoms with Crippen molar-refractivity contribution in [2.45, 2.75) is 6.54 Å². The van der Waals surface area contributed by atoms with Crippen LogP contribution in [0.3, 0.4) is 0 Å². The van der Waals surface area contributed by atoms with Gasteiger partial charge >= 0.3 is 0 Å². The van der Waals surface area contributed by atoms with Gasteiger partial charge in [0.15, 0.2) is 11.6 Å². The first-order valence-electron chi connectivity index (χ1n) is 6.36. The lowest BCUT2D eigenvalue weighted by atomic mass is 10.1. The Balaban J connectivity index is 2.05. The fourth-order valence-electron chi connectivity index (χ4n) is 1.86. The SMILES string of the molecule is COc1ccc(CNC(=O)c2cccc([N+](=O)[O-])c2)cc1F. The first kappa shape index (κ1) is 15.4. The van der Waals surface area contributed by atoms with E-state index in [0.717, 1.165) is 0 Å². The smallest absolute Gasteiger partial charge is 0.270 e. The van der Waals surface area contributed by atoms with Gasteiger partial charge in [0.05, 0.1) is 12.0 Å². The number of halogens is 1. The summed E-state index contributed by atoms with van der Waals surface area (Å²) >= 11 is 0. The normalized spacial score (nSPS) is 10.1. The number of ether oxygens (including phenoxy) is 1. The number of nitro groups is 1. The number of carbonyl (C=O) groups is 1. The van der Waals surface area contributed by atoms with E-state index in [2.05, 4.69) is 5.32 Å². The molecule has 0 saturated carbocycles. The van der Waals surface area contributed by atoms with Crippen molar-refractivity contribution in [3.05, 3.63) is 69.5 Å². The molecule has 2 aromatic rings. The van der Waals surface area contributed by atoms with Crippen LogP contribution in [0.2, 0.25) is 0 Å². The van der Waals surface area contributed by atoms with Gasteiger partial charge in [0.25, 0.3) is 11.6 Å². The fourth-order valence-corrected chi connectivity index (χ4v) is 1.86. The molecule has 0 heterocycles. The number of non-ortho nitro benzene ring substituents is 1. The molecule has 1 amide bonds. The van der Waals surface area contributed by atoms with Crippen molar-refractivity contribution < 1.29 is 18.8 Å². The van der Waals surface area contributed by atoms with Crippen molar-refractivity contribution >= 4 is 11.6 Å². The number of carbonyl (C=O) groups excluding carboxylic acids is 1. The van der Waals surface area contributed by atoms with E-state index in [9.17, 15) is 19.3 Å². The maximum atomic E-state index is 13.5. The van der Waals surface area contributed by atoms with E-state index in [4.69, 9.17) is 4.74 Å². The predicted molar refractivity (Wildman–Crippen MR) is 77.2 cm³/mol. The summed E-state index contributed by atoms with van der Waals surface area (Å²) in [6.45, 7) is 0.0996. The molecular formula is C15H13FN2O4. The van der Waals surface area contributed by atoms with Crippen LogP contribution in [0, 0.1) is 15.9 Å². The van der Waals surface area contributed by atoms with Crippen LogP contribution in [0.25, 0.3) is 0 Å². The minimum atomic E-state index is -0.574. The highest BCUT2D eigenvalue weighted by Gasteiger charge is 2.11. The van der Waals surface area contributed by atoms with E-state index >= 15 is 0 Å². The molecular weight excluding hydrogens is 291 g/mol. The zero-order valence-electron chi connectivity index (χ0n) is 11.7. The third-order valence-corrected chi connectivity index (χ3v) is 2.99. The summed E-state index contributed by atoms with van der Waals surface area (Å²) in [5.41, 5.74) is 0.559. The molecule has 0 atom stereocenters. The first-order chi connectivity index (χ1) is 10.5. The molecule has 0 unspecified atom stereocenters. The van der Waals surface area contributed by atoms with Crippen molar-refractivity contribution in [2.75, 3.05) is 7.11 Å². The van der Waals surface area contributed by atoms with Gasteiger partial charge in [0.2, 0.25) is 0 Å². The number of methoxy groups -OCH3 is 1. The van der Waals surface area contributed by atoms with Gasteiger partial charge < -0.3 is 10.1 Å². The molecule has 0 aliphatic carbocycles. The molecule has 6 nitrogen and oxygen atoms in total. The molecule has 0 saturated heterocycles. The zero-order chi connectivity index (χ0) is 16.1. The van der Waals surface area contributed by atoms with Crippen LogP contribution in [0.5, 0.6) is 5.75 Å². The molecule has 0 aromatic heterocycles.